The van der Waals surface area contributed by atoms with Crippen LogP contribution in [0.2, 0.25) is 0 Å². The Hall–Kier alpha value is -4.47. The third-order valence-electron chi connectivity index (χ3n) is 5.21. The molecule has 2 heterocycles. The number of aromatic hydroxyl groups is 1. The highest BCUT2D eigenvalue weighted by Gasteiger charge is 2.32. The summed E-state index contributed by atoms with van der Waals surface area (Å²) in [5, 5.41) is 40.3. The van der Waals surface area contributed by atoms with Crippen LogP contribution in [0.4, 0.5) is 10.5 Å². The Morgan fingerprint density at radius 2 is 1.94 bits per heavy atom. The van der Waals surface area contributed by atoms with E-state index in [1.165, 1.54) is 41.3 Å². The van der Waals surface area contributed by atoms with E-state index in [0.29, 0.717) is 29.7 Å². The number of amidine groups is 1. The van der Waals surface area contributed by atoms with E-state index in [-0.39, 0.29) is 35.3 Å². The van der Waals surface area contributed by atoms with Gasteiger partial charge in [0, 0.05) is 47.5 Å². The zero-order chi connectivity index (χ0) is 22.8. The van der Waals surface area contributed by atoms with Crippen molar-refractivity contribution in [2.24, 2.45) is 0 Å². The van der Waals surface area contributed by atoms with Crippen molar-refractivity contribution in [3.63, 3.8) is 0 Å². The summed E-state index contributed by atoms with van der Waals surface area (Å²) in [6.07, 6.45) is 1.37. The lowest BCUT2D eigenvalue weighted by Gasteiger charge is -2.27. The van der Waals surface area contributed by atoms with E-state index in [4.69, 9.17) is 15.6 Å². The van der Waals surface area contributed by atoms with Gasteiger partial charge in [0.25, 0.3) is 5.69 Å². The van der Waals surface area contributed by atoms with E-state index in [9.17, 15) is 20.0 Å². The molecule has 162 valence electrons. The number of nitro benzene ring substituents is 1. The van der Waals surface area contributed by atoms with E-state index < -0.39 is 11.0 Å². The summed E-state index contributed by atoms with van der Waals surface area (Å²) in [6.45, 7) is 0.547. The maximum atomic E-state index is 12.6. The van der Waals surface area contributed by atoms with Gasteiger partial charge < -0.3 is 25.5 Å². The van der Waals surface area contributed by atoms with Crippen LogP contribution in [0, 0.1) is 20.9 Å². The van der Waals surface area contributed by atoms with Gasteiger partial charge in [0.15, 0.2) is 0 Å². The number of rotatable bonds is 4. The second kappa shape index (κ2) is 8.34. The summed E-state index contributed by atoms with van der Waals surface area (Å²) in [5.41, 5.74) is 2.28. The van der Waals surface area contributed by atoms with Crippen LogP contribution in [-0.4, -0.2) is 45.7 Å². The molecule has 2 aliphatic rings. The lowest BCUT2D eigenvalue weighted by atomic mass is 9.98. The number of carbonyl (C=O) groups is 1. The normalized spacial score (nSPS) is 16.6. The minimum Gasteiger partial charge on any atom is -0.507 e. The lowest BCUT2D eigenvalue weighted by Crippen LogP contribution is -2.39. The van der Waals surface area contributed by atoms with Gasteiger partial charge in [0.05, 0.1) is 17.2 Å². The van der Waals surface area contributed by atoms with Crippen LogP contribution >= 0.6 is 0 Å². The zero-order valence-corrected chi connectivity index (χ0v) is 16.8. The fourth-order valence-corrected chi connectivity index (χ4v) is 3.56. The van der Waals surface area contributed by atoms with Crippen LogP contribution in [0.1, 0.15) is 12.0 Å². The molecule has 1 amide bonds. The number of benzene rings is 2. The first-order valence-electron chi connectivity index (χ1n) is 9.71. The monoisotopic (exact) mass is 433 g/mol. The number of hydrogen-bond donors (Lipinski definition) is 4. The molecule has 0 aliphatic carbocycles. The van der Waals surface area contributed by atoms with Crippen LogP contribution in [0.15, 0.2) is 71.5 Å². The third-order valence-corrected chi connectivity index (χ3v) is 5.21. The molecule has 2 aromatic rings. The van der Waals surface area contributed by atoms with Crippen molar-refractivity contribution in [2.75, 3.05) is 13.1 Å². The Labute approximate surface area is 182 Å². The van der Waals surface area contributed by atoms with Crippen LogP contribution < -0.4 is 10.1 Å². The number of phenolic OH excluding ortho intramolecular Hbond substituents is 1. The van der Waals surface area contributed by atoms with E-state index in [2.05, 4.69) is 5.32 Å². The van der Waals surface area contributed by atoms with Crippen molar-refractivity contribution in [2.45, 2.75) is 6.42 Å². The average Bonchev–Trinajstić information content (AvgIpc) is 3.08. The SMILES string of the molecule is N=C1NC2=C(CN(C(=O)Oc3ccc([N+](=O)[O-])cc3)CC2)/C1=C/C(=N)c1ccccc1O. The van der Waals surface area contributed by atoms with Crippen LogP contribution in [0.5, 0.6) is 11.5 Å². The first-order chi connectivity index (χ1) is 15.3. The van der Waals surface area contributed by atoms with E-state index in [0.717, 1.165) is 5.70 Å². The van der Waals surface area contributed by atoms with Crippen LogP contribution in [-0.2, 0) is 0 Å². The molecular formula is C22H19N5O5. The van der Waals surface area contributed by atoms with Gasteiger partial charge >= 0.3 is 6.09 Å². The molecule has 0 spiro atoms. The van der Waals surface area contributed by atoms with Crippen molar-refractivity contribution in [1.82, 2.24) is 10.2 Å². The Balaban J connectivity index is 1.50. The number of carbonyl (C=O) groups excluding carboxylic acids is 1. The maximum absolute atomic E-state index is 12.6. The Kier molecular flexibility index (Phi) is 5.42. The number of nitrogens with zero attached hydrogens (tertiary/aromatic N) is 2. The van der Waals surface area contributed by atoms with Gasteiger partial charge in [-0.25, -0.2) is 4.79 Å². The topological polar surface area (TPSA) is 153 Å². The zero-order valence-electron chi connectivity index (χ0n) is 16.8. The number of nitro groups is 1. The summed E-state index contributed by atoms with van der Waals surface area (Å²) in [6, 6.07) is 11.7. The standard InChI is InChI=1S/C22H19N5O5/c23-18(15-3-1-2-4-20(15)28)11-16-17-12-26(10-9-19(17)25-21(16)24)22(29)32-14-7-5-13(6-8-14)27(30)31/h1-8,11,23,28H,9-10,12H2,(H2,24,25)/b16-11-,23-18?. The van der Waals surface area contributed by atoms with Crippen molar-refractivity contribution < 1.29 is 19.6 Å². The highest BCUT2D eigenvalue weighted by Crippen LogP contribution is 2.30. The van der Waals surface area contributed by atoms with Gasteiger partial charge in [0.2, 0.25) is 0 Å². The molecule has 0 atom stereocenters. The van der Waals surface area contributed by atoms with Gasteiger partial charge in [0.1, 0.15) is 17.3 Å². The van der Waals surface area contributed by atoms with E-state index in [1.807, 2.05) is 0 Å². The molecular weight excluding hydrogens is 414 g/mol. The Morgan fingerprint density at radius 1 is 1.22 bits per heavy atom. The van der Waals surface area contributed by atoms with Crippen molar-refractivity contribution in [1.29, 1.82) is 10.8 Å². The Morgan fingerprint density at radius 3 is 2.62 bits per heavy atom. The molecule has 2 aliphatic heterocycles. The van der Waals surface area contributed by atoms with Gasteiger partial charge in [-0.1, -0.05) is 12.1 Å². The fourth-order valence-electron chi connectivity index (χ4n) is 3.56. The van der Waals surface area contributed by atoms with E-state index >= 15 is 0 Å². The molecule has 0 radical (unpaired) electrons. The highest BCUT2D eigenvalue weighted by atomic mass is 16.6. The van der Waals surface area contributed by atoms with Crippen LogP contribution in [0.25, 0.3) is 0 Å². The summed E-state index contributed by atoms with van der Waals surface area (Å²) in [5.74, 6) is 0.286. The Bertz CT molecular complexity index is 1200. The smallest absolute Gasteiger partial charge is 0.415 e. The predicted octanol–water partition coefficient (Wildman–Crippen LogP) is 3.33. The summed E-state index contributed by atoms with van der Waals surface area (Å²) < 4.78 is 5.34. The molecule has 2 aromatic carbocycles. The molecule has 0 bridgehead atoms. The van der Waals surface area contributed by atoms with Crippen molar-refractivity contribution in [3.05, 3.63) is 87.1 Å². The largest absolute Gasteiger partial charge is 0.507 e. The summed E-state index contributed by atoms with van der Waals surface area (Å²) >= 11 is 0. The molecule has 32 heavy (non-hydrogen) atoms. The number of amides is 1. The second-order valence-corrected chi connectivity index (χ2v) is 7.24. The number of hydrogen-bond acceptors (Lipinski definition) is 7. The molecule has 0 aromatic heterocycles. The van der Waals surface area contributed by atoms with Gasteiger partial charge in [-0.05, 0) is 30.3 Å². The molecule has 4 rings (SSSR count). The molecule has 0 unspecified atom stereocenters. The summed E-state index contributed by atoms with van der Waals surface area (Å²) in [7, 11) is 0. The number of allylic oxidation sites excluding steroid dienone is 1. The number of non-ortho nitro benzene ring substituents is 1. The molecule has 10 nitrogen and oxygen atoms in total. The fraction of sp³-hybridized carbons (Fsp3) is 0.136. The maximum Gasteiger partial charge on any atom is 0.415 e. The molecule has 10 heteroatoms. The first kappa shape index (κ1) is 20.8. The minimum absolute atomic E-state index is 0.0296. The predicted molar refractivity (Wildman–Crippen MR) is 116 cm³/mol. The van der Waals surface area contributed by atoms with Gasteiger partial charge in [-0.3, -0.25) is 15.5 Å². The van der Waals surface area contributed by atoms with Crippen molar-refractivity contribution >= 4 is 23.3 Å². The third kappa shape index (κ3) is 4.06. The number of nitrogens with one attached hydrogen (secondary N) is 3. The number of phenols is 1. The van der Waals surface area contributed by atoms with Crippen molar-refractivity contribution in [3.8, 4) is 11.5 Å². The lowest BCUT2D eigenvalue weighted by molar-refractivity contribution is -0.384. The molecule has 0 saturated carbocycles. The van der Waals surface area contributed by atoms with Gasteiger partial charge in [-0.2, -0.15) is 0 Å². The average molecular weight is 433 g/mol. The quantitative estimate of drug-likeness (QED) is 0.330. The first-order valence-corrected chi connectivity index (χ1v) is 9.71. The minimum atomic E-state index is -0.612. The van der Waals surface area contributed by atoms with Gasteiger partial charge in [-0.15, -0.1) is 0 Å². The molecule has 0 fully saturated rings. The van der Waals surface area contributed by atoms with Crippen LogP contribution in [0.3, 0.4) is 0 Å². The number of para-hydroxylation sites is 1. The molecule has 4 N–H and O–H groups in total. The highest BCUT2D eigenvalue weighted by molar-refractivity contribution is 6.15. The summed E-state index contributed by atoms with van der Waals surface area (Å²) in [4.78, 5) is 24.3. The second-order valence-electron chi connectivity index (χ2n) is 7.24. The molecule has 0 saturated heterocycles. The van der Waals surface area contributed by atoms with E-state index in [1.54, 1.807) is 18.2 Å². The number of ether oxygens (including phenoxy) is 1.